The minimum absolute atomic E-state index is 0.104. The Morgan fingerprint density at radius 2 is 1.65 bits per heavy atom. The molecule has 2 aromatic carbocycles. The van der Waals surface area contributed by atoms with Crippen LogP contribution in [0.5, 0.6) is 0 Å². The lowest BCUT2D eigenvalue weighted by molar-refractivity contribution is -0.157. The molecule has 0 aliphatic heterocycles. The maximum absolute atomic E-state index is 13.1. The van der Waals surface area contributed by atoms with Gasteiger partial charge in [-0.05, 0) is 32.4 Å². The summed E-state index contributed by atoms with van der Waals surface area (Å²) in [7, 11) is 0. The van der Waals surface area contributed by atoms with E-state index in [1.807, 2.05) is 53.8 Å². The average molecular weight is 478 g/mol. The van der Waals surface area contributed by atoms with Gasteiger partial charge in [0, 0.05) is 28.5 Å². The van der Waals surface area contributed by atoms with Gasteiger partial charge in [0.1, 0.15) is 0 Å². The van der Waals surface area contributed by atoms with E-state index in [0.29, 0.717) is 27.6 Å². The Kier molecular flexibility index (Phi) is 6.93. The standard InChI is InChI=1S/C26H24ClN3O4/c1-4-33-24(31)21(25(32)34-5-2)22-20(18-8-6-7-9-19(18)27)23(17-12-10-16(3)11-13-17)30-15-14-28-26(30)29-22/h6-15,21H,4-5H2,1-3H3. The number of halogens is 1. The van der Waals surface area contributed by atoms with Gasteiger partial charge in [-0.25, -0.2) is 9.97 Å². The normalized spacial score (nSPS) is 11.1. The van der Waals surface area contributed by atoms with Gasteiger partial charge in [-0.2, -0.15) is 0 Å². The molecule has 0 N–H and O–H groups in total. The lowest BCUT2D eigenvalue weighted by Gasteiger charge is -2.21. The first-order chi connectivity index (χ1) is 16.5. The van der Waals surface area contributed by atoms with Crippen molar-refractivity contribution >= 4 is 29.3 Å². The van der Waals surface area contributed by atoms with E-state index in [9.17, 15) is 9.59 Å². The summed E-state index contributed by atoms with van der Waals surface area (Å²) in [6.07, 6.45) is 3.40. The van der Waals surface area contributed by atoms with Crippen LogP contribution < -0.4 is 0 Å². The highest BCUT2D eigenvalue weighted by atomic mass is 35.5. The number of esters is 2. The van der Waals surface area contributed by atoms with E-state index in [4.69, 9.17) is 21.1 Å². The van der Waals surface area contributed by atoms with Crippen LogP contribution >= 0.6 is 11.6 Å². The fraction of sp³-hybridized carbons (Fsp3) is 0.231. The van der Waals surface area contributed by atoms with Crippen LogP contribution in [0.25, 0.3) is 28.2 Å². The Labute approximate surface area is 202 Å². The highest BCUT2D eigenvalue weighted by Crippen LogP contribution is 2.41. The summed E-state index contributed by atoms with van der Waals surface area (Å²) >= 11 is 6.64. The van der Waals surface area contributed by atoms with Crippen LogP contribution in [0, 0.1) is 6.92 Å². The van der Waals surface area contributed by atoms with Crippen molar-refractivity contribution < 1.29 is 19.1 Å². The number of carbonyl (C=O) groups excluding carboxylic acids is 2. The molecule has 174 valence electrons. The first kappa shape index (κ1) is 23.4. The zero-order valence-electron chi connectivity index (χ0n) is 19.1. The second kappa shape index (κ2) is 10.1. The van der Waals surface area contributed by atoms with Gasteiger partial charge >= 0.3 is 11.9 Å². The summed E-state index contributed by atoms with van der Waals surface area (Å²) in [5.41, 5.74) is 3.97. The summed E-state index contributed by atoms with van der Waals surface area (Å²) in [6.45, 7) is 5.57. The van der Waals surface area contributed by atoms with Gasteiger partial charge in [-0.15, -0.1) is 0 Å². The number of benzene rings is 2. The molecule has 0 radical (unpaired) electrons. The molecule has 0 spiro atoms. The molecule has 0 saturated carbocycles. The molecular formula is C26H24ClN3O4. The summed E-state index contributed by atoms with van der Waals surface area (Å²) in [4.78, 5) is 35.1. The lowest BCUT2D eigenvalue weighted by Crippen LogP contribution is -2.28. The van der Waals surface area contributed by atoms with Crippen LogP contribution in [0.3, 0.4) is 0 Å². The molecule has 2 heterocycles. The minimum atomic E-state index is -1.41. The number of aryl methyl sites for hydroxylation is 1. The predicted octanol–water partition coefficient (Wildman–Crippen LogP) is 5.23. The van der Waals surface area contributed by atoms with Gasteiger partial charge in [0.25, 0.3) is 0 Å². The molecule has 0 saturated heterocycles. The van der Waals surface area contributed by atoms with Crippen LogP contribution in [-0.2, 0) is 19.1 Å². The van der Waals surface area contributed by atoms with Crippen molar-refractivity contribution in [1.82, 2.24) is 14.4 Å². The van der Waals surface area contributed by atoms with Crippen molar-refractivity contribution in [2.75, 3.05) is 13.2 Å². The number of nitrogens with zero attached hydrogens (tertiary/aromatic N) is 3. The number of fused-ring (bicyclic) bond motifs is 1. The van der Waals surface area contributed by atoms with Gasteiger partial charge in [0.05, 0.1) is 24.6 Å². The number of imidazole rings is 1. The number of carbonyl (C=O) groups is 2. The molecule has 0 fully saturated rings. The molecule has 0 unspecified atom stereocenters. The van der Waals surface area contributed by atoms with Crippen LogP contribution in [0.4, 0.5) is 0 Å². The summed E-state index contributed by atoms with van der Waals surface area (Å²) < 4.78 is 12.3. The molecule has 7 nitrogen and oxygen atoms in total. The topological polar surface area (TPSA) is 82.8 Å². The van der Waals surface area contributed by atoms with Crippen LogP contribution in [0.1, 0.15) is 31.0 Å². The molecule has 4 aromatic rings. The van der Waals surface area contributed by atoms with Crippen molar-refractivity contribution in [3.63, 3.8) is 0 Å². The van der Waals surface area contributed by atoms with Crippen molar-refractivity contribution in [3.05, 3.63) is 77.2 Å². The van der Waals surface area contributed by atoms with Gasteiger partial charge in [0.2, 0.25) is 5.78 Å². The number of aromatic nitrogens is 3. The van der Waals surface area contributed by atoms with Crippen molar-refractivity contribution in [3.8, 4) is 22.4 Å². The van der Waals surface area contributed by atoms with E-state index >= 15 is 0 Å². The fourth-order valence-electron chi connectivity index (χ4n) is 3.86. The molecule has 8 heteroatoms. The molecule has 0 bridgehead atoms. The Morgan fingerprint density at radius 1 is 1.00 bits per heavy atom. The Bertz CT molecular complexity index is 1330. The smallest absolute Gasteiger partial charge is 0.326 e. The second-order valence-corrected chi connectivity index (χ2v) is 8.01. The maximum Gasteiger partial charge on any atom is 0.326 e. The number of rotatable bonds is 7. The number of ether oxygens (including phenoxy) is 2. The van der Waals surface area contributed by atoms with E-state index in [2.05, 4.69) is 9.97 Å². The van der Waals surface area contributed by atoms with Gasteiger partial charge in [-0.1, -0.05) is 59.6 Å². The fourth-order valence-corrected chi connectivity index (χ4v) is 4.09. The van der Waals surface area contributed by atoms with E-state index in [-0.39, 0.29) is 18.9 Å². The lowest BCUT2D eigenvalue weighted by atomic mass is 9.91. The van der Waals surface area contributed by atoms with Gasteiger partial charge in [-0.3, -0.25) is 14.0 Å². The second-order valence-electron chi connectivity index (χ2n) is 7.60. The zero-order chi connectivity index (χ0) is 24.2. The van der Waals surface area contributed by atoms with E-state index in [0.717, 1.165) is 11.1 Å². The molecular weight excluding hydrogens is 454 g/mol. The highest BCUT2D eigenvalue weighted by Gasteiger charge is 2.37. The third-order valence-corrected chi connectivity index (χ3v) is 5.69. The molecule has 2 aromatic heterocycles. The molecule has 0 atom stereocenters. The van der Waals surface area contributed by atoms with E-state index < -0.39 is 17.9 Å². The monoisotopic (exact) mass is 477 g/mol. The molecule has 0 aliphatic carbocycles. The Hall–Kier alpha value is -3.71. The Morgan fingerprint density at radius 3 is 2.26 bits per heavy atom. The summed E-state index contributed by atoms with van der Waals surface area (Å²) in [5.74, 6) is -2.56. The summed E-state index contributed by atoms with van der Waals surface area (Å²) in [5, 5.41) is 0.449. The predicted molar refractivity (Wildman–Crippen MR) is 130 cm³/mol. The third kappa shape index (κ3) is 4.39. The van der Waals surface area contributed by atoms with Crippen LogP contribution in [0.2, 0.25) is 5.02 Å². The highest BCUT2D eigenvalue weighted by molar-refractivity contribution is 6.33. The first-order valence-corrected chi connectivity index (χ1v) is 11.4. The molecule has 34 heavy (non-hydrogen) atoms. The maximum atomic E-state index is 13.1. The van der Waals surface area contributed by atoms with E-state index in [1.54, 1.807) is 32.3 Å². The van der Waals surface area contributed by atoms with Crippen LogP contribution in [0.15, 0.2) is 60.9 Å². The number of hydrogen-bond donors (Lipinski definition) is 0. The van der Waals surface area contributed by atoms with Crippen molar-refractivity contribution in [2.45, 2.75) is 26.7 Å². The van der Waals surface area contributed by atoms with Crippen molar-refractivity contribution in [1.29, 1.82) is 0 Å². The minimum Gasteiger partial charge on any atom is -0.465 e. The zero-order valence-corrected chi connectivity index (χ0v) is 19.9. The first-order valence-electron chi connectivity index (χ1n) is 11.0. The molecule has 0 aliphatic rings. The van der Waals surface area contributed by atoms with Gasteiger partial charge in [0.15, 0.2) is 5.92 Å². The Balaban J connectivity index is 2.14. The van der Waals surface area contributed by atoms with Crippen molar-refractivity contribution in [2.24, 2.45) is 0 Å². The SMILES string of the molecule is CCOC(=O)C(C(=O)OCC)c1nc2nccn2c(-c2ccc(C)cc2)c1-c1ccccc1Cl. The third-order valence-electron chi connectivity index (χ3n) is 5.36. The summed E-state index contributed by atoms with van der Waals surface area (Å²) in [6, 6.07) is 15.2. The van der Waals surface area contributed by atoms with E-state index in [1.165, 1.54) is 0 Å². The average Bonchev–Trinajstić information content (AvgIpc) is 3.28. The number of hydrogen-bond acceptors (Lipinski definition) is 6. The van der Waals surface area contributed by atoms with Crippen LogP contribution in [-0.4, -0.2) is 39.5 Å². The molecule has 0 amide bonds. The van der Waals surface area contributed by atoms with Gasteiger partial charge < -0.3 is 9.47 Å². The quantitative estimate of drug-likeness (QED) is 0.267. The molecule has 4 rings (SSSR count). The largest absolute Gasteiger partial charge is 0.465 e.